The summed E-state index contributed by atoms with van der Waals surface area (Å²) in [6.07, 6.45) is 0. The number of benzene rings is 4. The second-order valence-electron chi connectivity index (χ2n) is 10.9. The maximum Gasteiger partial charge on any atom is 0.327 e. The number of aryl methyl sites for hydroxylation is 2. The van der Waals surface area contributed by atoms with Gasteiger partial charge in [-0.2, -0.15) is 0 Å². The van der Waals surface area contributed by atoms with E-state index in [2.05, 4.69) is 5.32 Å². The minimum atomic E-state index is -1.47. The number of fused-ring (bicyclic) bond motifs is 1. The molecule has 4 unspecified atom stereocenters. The summed E-state index contributed by atoms with van der Waals surface area (Å²) in [6, 6.07) is 21.5. The largest absolute Gasteiger partial charge is 0.480 e. The zero-order valence-electron chi connectivity index (χ0n) is 23.5. The SMILES string of the molecule is Cc1cccc(NC(=O)N2C(C(=O)O)C(c3ccc(F)cc3)C(C(=O)c3cccc(C)c3)C2c2ccc3c(c2)OCO3)c1. The molecule has 1 fully saturated rings. The summed E-state index contributed by atoms with van der Waals surface area (Å²) in [5, 5.41) is 13.6. The van der Waals surface area contributed by atoms with E-state index in [1.165, 1.54) is 29.2 Å². The molecule has 43 heavy (non-hydrogen) atoms. The van der Waals surface area contributed by atoms with Gasteiger partial charge in [-0.3, -0.25) is 4.79 Å². The molecule has 0 bridgehead atoms. The van der Waals surface area contributed by atoms with Gasteiger partial charge < -0.3 is 24.8 Å². The molecule has 0 radical (unpaired) electrons. The van der Waals surface area contributed by atoms with Gasteiger partial charge >= 0.3 is 12.0 Å². The lowest BCUT2D eigenvalue weighted by Crippen LogP contribution is -2.45. The first-order valence-electron chi connectivity index (χ1n) is 13.9. The van der Waals surface area contributed by atoms with Gasteiger partial charge in [0.1, 0.15) is 11.9 Å². The number of halogens is 1. The van der Waals surface area contributed by atoms with E-state index in [1.807, 2.05) is 26.0 Å². The van der Waals surface area contributed by atoms with E-state index in [-0.39, 0.29) is 12.6 Å². The summed E-state index contributed by atoms with van der Waals surface area (Å²) in [5.41, 5.74) is 3.55. The Morgan fingerprint density at radius 1 is 0.837 bits per heavy atom. The van der Waals surface area contributed by atoms with Crippen LogP contribution < -0.4 is 14.8 Å². The van der Waals surface area contributed by atoms with E-state index >= 15 is 0 Å². The lowest BCUT2D eigenvalue weighted by Gasteiger charge is -2.30. The molecule has 4 aromatic rings. The van der Waals surface area contributed by atoms with Crippen LogP contribution >= 0.6 is 0 Å². The first-order valence-corrected chi connectivity index (χ1v) is 13.9. The highest BCUT2D eigenvalue weighted by molar-refractivity contribution is 6.02. The molecule has 2 aliphatic rings. The van der Waals surface area contributed by atoms with E-state index in [0.717, 1.165) is 11.1 Å². The van der Waals surface area contributed by atoms with Crippen LogP contribution in [-0.4, -0.2) is 40.6 Å². The Labute approximate surface area is 247 Å². The number of carbonyl (C=O) groups is 3. The summed E-state index contributed by atoms with van der Waals surface area (Å²) in [6.45, 7) is 3.75. The molecule has 9 heteroatoms. The Kier molecular flexibility index (Phi) is 7.31. The van der Waals surface area contributed by atoms with Gasteiger partial charge in [0.15, 0.2) is 17.3 Å². The number of hydrogen-bond donors (Lipinski definition) is 2. The summed E-state index contributed by atoms with van der Waals surface area (Å²) in [5.74, 6) is -3.26. The highest BCUT2D eigenvalue weighted by Gasteiger charge is 2.58. The Morgan fingerprint density at radius 2 is 1.51 bits per heavy atom. The predicted octanol–water partition coefficient (Wildman–Crippen LogP) is 6.50. The minimum absolute atomic E-state index is 0.0165. The van der Waals surface area contributed by atoms with Crippen LogP contribution in [0.4, 0.5) is 14.9 Å². The quantitative estimate of drug-likeness (QED) is 0.253. The van der Waals surface area contributed by atoms with Crippen LogP contribution in [0.15, 0.2) is 91.0 Å². The topological polar surface area (TPSA) is 105 Å². The minimum Gasteiger partial charge on any atom is -0.480 e. The van der Waals surface area contributed by atoms with Crippen LogP contribution in [0.2, 0.25) is 0 Å². The number of nitrogens with zero attached hydrogens (tertiary/aromatic N) is 1. The number of urea groups is 1. The summed E-state index contributed by atoms with van der Waals surface area (Å²) < 4.78 is 25.2. The molecule has 218 valence electrons. The van der Waals surface area contributed by atoms with Gasteiger partial charge in [-0.25, -0.2) is 14.0 Å². The molecular formula is C34H29FN2O6. The highest BCUT2D eigenvalue weighted by Crippen LogP contribution is 2.52. The summed E-state index contributed by atoms with van der Waals surface area (Å²) in [4.78, 5) is 43.1. The van der Waals surface area contributed by atoms with Crippen molar-refractivity contribution in [3.05, 3.63) is 125 Å². The van der Waals surface area contributed by atoms with Crippen LogP contribution in [0.1, 0.15) is 44.6 Å². The van der Waals surface area contributed by atoms with Crippen molar-refractivity contribution in [1.29, 1.82) is 0 Å². The van der Waals surface area contributed by atoms with Crippen molar-refractivity contribution >= 4 is 23.5 Å². The van der Waals surface area contributed by atoms with Crippen molar-refractivity contribution in [3.63, 3.8) is 0 Å². The number of hydrogen-bond acceptors (Lipinski definition) is 5. The first kappa shape index (κ1) is 28.0. The zero-order valence-corrected chi connectivity index (χ0v) is 23.5. The van der Waals surface area contributed by atoms with Crippen LogP contribution in [0.3, 0.4) is 0 Å². The monoisotopic (exact) mass is 580 g/mol. The normalized spacial score (nSPS) is 20.6. The number of aliphatic carboxylic acids is 1. The van der Waals surface area contributed by atoms with Gasteiger partial charge in [-0.05, 0) is 73.0 Å². The van der Waals surface area contributed by atoms with E-state index in [0.29, 0.717) is 33.9 Å². The number of nitrogens with one attached hydrogen (secondary N) is 1. The third-order valence-electron chi connectivity index (χ3n) is 8.02. The number of carboxylic acids is 1. The number of carbonyl (C=O) groups excluding carboxylic acids is 2. The van der Waals surface area contributed by atoms with Crippen LogP contribution in [0.25, 0.3) is 0 Å². The molecule has 2 heterocycles. The molecule has 6 rings (SSSR count). The van der Waals surface area contributed by atoms with Crippen LogP contribution in [-0.2, 0) is 4.79 Å². The Bertz CT molecular complexity index is 1720. The molecule has 4 aromatic carbocycles. The molecule has 0 spiro atoms. The fourth-order valence-corrected chi connectivity index (χ4v) is 6.18. The molecule has 4 atom stereocenters. The number of likely N-dealkylation sites (tertiary alicyclic amines) is 1. The second kappa shape index (κ2) is 11.2. The second-order valence-corrected chi connectivity index (χ2v) is 10.9. The standard InChI is InChI=1S/C34H29FN2O6/c1-19-5-3-7-23(15-19)32(38)29-28(21-9-12-24(35)13-10-21)31(33(39)40)37(34(41)36-25-8-4-6-20(2)16-25)30(29)22-11-14-26-27(17-22)43-18-42-26/h3-17,28-31H,18H2,1-2H3,(H,36,41)(H,39,40). The molecule has 0 aromatic heterocycles. The molecule has 2 aliphatic heterocycles. The van der Waals surface area contributed by atoms with Gasteiger partial charge in [-0.1, -0.05) is 54.1 Å². The highest BCUT2D eigenvalue weighted by atomic mass is 19.1. The summed E-state index contributed by atoms with van der Waals surface area (Å²) >= 11 is 0. The van der Waals surface area contributed by atoms with Crippen LogP contribution in [0.5, 0.6) is 11.5 Å². The molecule has 0 saturated carbocycles. The predicted molar refractivity (Wildman–Crippen MR) is 157 cm³/mol. The third kappa shape index (κ3) is 5.30. The maximum atomic E-state index is 14.5. The average molecular weight is 581 g/mol. The van der Waals surface area contributed by atoms with E-state index in [9.17, 15) is 23.9 Å². The van der Waals surface area contributed by atoms with Crippen LogP contribution in [0, 0.1) is 25.6 Å². The van der Waals surface area contributed by atoms with Crippen molar-refractivity contribution in [1.82, 2.24) is 4.90 Å². The molecule has 8 nitrogen and oxygen atoms in total. The Hall–Kier alpha value is -5.18. The number of ether oxygens (including phenoxy) is 2. The summed E-state index contributed by atoms with van der Waals surface area (Å²) in [7, 11) is 0. The Balaban J connectivity index is 1.56. The molecule has 2 N–H and O–H groups in total. The van der Waals surface area contributed by atoms with Crippen molar-refractivity contribution in [2.75, 3.05) is 12.1 Å². The number of anilines is 1. The smallest absolute Gasteiger partial charge is 0.327 e. The van der Waals surface area contributed by atoms with Crippen molar-refractivity contribution in [2.24, 2.45) is 5.92 Å². The fourth-order valence-electron chi connectivity index (χ4n) is 6.18. The molecule has 0 aliphatic carbocycles. The number of ketones is 1. The molecule has 1 saturated heterocycles. The number of rotatable bonds is 6. The average Bonchev–Trinajstić information content (AvgIpc) is 3.60. The van der Waals surface area contributed by atoms with Gasteiger partial charge in [0.05, 0.1) is 12.0 Å². The van der Waals surface area contributed by atoms with Crippen molar-refractivity contribution < 1.29 is 33.4 Å². The van der Waals surface area contributed by atoms with E-state index < -0.39 is 41.7 Å². The van der Waals surface area contributed by atoms with Crippen molar-refractivity contribution in [2.45, 2.75) is 31.8 Å². The number of carboxylic acid groups (broad SMARTS) is 1. The van der Waals surface area contributed by atoms with Gasteiger partial charge in [-0.15, -0.1) is 0 Å². The molecule has 2 amide bonds. The zero-order chi connectivity index (χ0) is 30.2. The lowest BCUT2D eigenvalue weighted by molar-refractivity contribution is -0.142. The van der Waals surface area contributed by atoms with Crippen molar-refractivity contribution in [3.8, 4) is 11.5 Å². The maximum absolute atomic E-state index is 14.5. The number of amides is 2. The van der Waals surface area contributed by atoms with E-state index in [1.54, 1.807) is 54.6 Å². The van der Waals surface area contributed by atoms with Gasteiger partial charge in [0, 0.05) is 17.2 Å². The first-order chi connectivity index (χ1) is 20.7. The van der Waals surface area contributed by atoms with Gasteiger partial charge in [0.25, 0.3) is 0 Å². The molecular weight excluding hydrogens is 551 g/mol. The van der Waals surface area contributed by atoms with E-state index in [4.69, 9.17) is 9.47 Å². The lowest BCUT2D eigenvalue weighted by atomic mass is 9.76. The third-order valence-corrected chi connectivity index (χ3v) is 8.02. The van der Waals surface area contributed by atoms with Gasteiger partial charge in [0.2, 0.25) is 6.79 Å². The Morgan fingerprint density at radius 3 is 2.21 bits per heavy atom. The fraction of sp³-hybridized carbons (Fsp3) is 0.206. The number of Topliss-reactive ketones (excluding diaryl/α,β-unsaturated/α-hetero) is 1.